The number of piperidine rings is 1. The number of hydrogen-bond donors (Lipinski definition) is 2. The van der Waals surface area contributed by atoms with Crippen LogP contribution >= 0.6 is 0 Å². The number of benzene rings is 1. The van der Waals surface area contributed by atoms with Crippen molar-refractivity contribution in [3.05, 3.63) is 29.8 Å². The molecule has 6 heteroatoms. The van der Waals surface area contributed by atoms with Crippen molar-refractivity contribution in [1.82, 2.24) is 10.3 Å². The standard InChI is InChI=1S/C14H19N3O3/c15-16-14(19)11-5-1-2-6-12(11)20-10-9-17-8-4-3-7-13(17)18/h1-2,5-6H,3-4,7-10,15H2,(H,16,19). The molecule has 0 radical (unpaired) electrons. The van der Waals surface area contributed by atoms with Crippen molar-refractivity contribution in [3.8, 4) is 5.75 Å². The Bertz CT molecular complexity index is 490. The molecule has 108 valence electrons. The topological polar surface area (TPSA) is 84.7 Å². The fraction of sp³-hybridized carbons (Fsp3) is 0.429. The van der Waals surface area contributed by atoms with E-state index < -0.39 is 5.91 Å². The third kappa shape index (κ3) is 3.48. The Hall–Kier alpha value is -2.08. The van der Waals surface area contributed by atoms with E-state index in [-0.39, 0.29) is 5.91 Å². The fourth-order valence-corrected chi connectivity index (χ4v) is 2.22. The number of carbonyl (C=O) groups excluding carboxylic acids is 2. The molecule has 0 unspecified atom stereocenters. The zero-order valence-corrected chi connectivity index (χ0v) is 11.3. The molecule has 0 bridgehead atoms. The van der Waals surface area contributed by atoms with Gasteiger partial charge in [-0.05, 0) is 25.0 Å². The Labute approximate surface area is 117 Å². The highest BCUT2D eigenvalue weighted by atomic mass is 16.5. The van der Waals surface area contributed by atoms with Crippen molar-refractivity contribution in [2.75, 3.05) is 19.7 Å². The van der Waals surface area contributed by atoms with Gasteiger partial charge in [-0.2, -0.15) is 0 Å². The number of ether oxygens (including phenoxy) is 1. The number of nitrogens with zero attached hydrogens (tertiary/aromatic N) is 1. The summed E-state index contributed by atoms with van der Waals surface area (Å²) < 4.78 is 5.60. The van der Waals surface area contributed by atoms with E-state index in [4.69, 9.17) is 10.6 Å². The molecule has 1 aliphatic rings. The Kier molecular flexibility index (Phi) is 4.95. The fourth-order valence-electron chi connectivity index (χ4n) is 2.22. The molecule has 0 aliphatic carbocycles. The van der Waals surface area contributed by atoms with Crippen LogP contribution in [0, 0.1) is 0 Å². The van der Waals surface area contributed by atoms with E-state index >= 15 is 0 Å². The Morgan fingerprint density at radius 2 is 2.15 bits per heavy atom. The maximum absolute atomic E-state index is 11.6. The summed E-state index contributed by atoms with van der Waals surface area (Å²) in [5.74, 6) is 5.38. The SMILES string of the molecule is NNC(=O)c1ccccc1OCCN1CCCCC1=O. The molecule has 2 rings (SSSR count). The summed E-state index contributed by atoms with van der Waals surface area (Å²) in [6.07, 6.45) is 2.62. The number of hydrogen-bond acceptors (Lipinski definition) is 4. The van der Waals surface area contributed by atoms with E-state index in [0.29, 0.717) is 30.9 Å². The second-order valence-electron chi connectivity index (χ2n) is 4.66. The van der Waals surface area contributed by atoms with Crippen LogP contribution < -0.4 is 16.0 Å². The lowest BCUT2D eigenvalue weighted by molar-refractivity contribution is -0.133. The number of nitrogens with two attached hydrogens (primary N) is 1. The van der Waals surface area contributed by atoms with Gasteiger partial charge in [-0.3, -0.25) is 15.0 Å². The van der Waals surface area contributed by atoms with E-state index in [1.165, 1.54) is 0 Å². The normalized spacial score (nSPS) is 15.1. The van der Waals surface area contributed by atoms with Crippen LogP contribution in [0.5, 0.6) is 5.75 Å². The van der Waals surface area contributed by atoms with Gasteiger partial charge in [0.2, 0.25) is 5.91 Å². The number of rotatable bonds is 5. The van der Waals surface area contributed by atoms with Gasteiger partial charge in [0, 0.05) is 13.0 Å². The quantitative estimate of drug-likeness (QED) is 0.471. The number of carbonyl (C=O) groups is 2. The number of amides is 2. The lowest BCUT2D eigenvalue weighted by atomic mass is 10.1. The molecule has 1 fully saturated rings. The number of nitrogens with one attached hydrogen (secondary N) is 1. The van der Waals surface area contributed by atoms with Crippen LogP contribution in [0.4, 0.5) is 0 Å². The van der Waals surface area contributed by atoms with Crippen molar-refractivity contribution >= 4 is 11.8 Å². The van der Waals surface area contributed by atoms with Crippen molar-refractivity contribution in [3.63, 3.8) is 0 Å². The molecule has 2 amide bonds. The van der Waals surface area contributed by atoms with Gasteiger partial charge in [-0.15, -0.1) is 0 Å². The first kappa shape index (κ1) is 14.3. The minimum Gasteiger partial charge on any atom is -0.491 e. The Balaban J connectivity index is 1.90. The average molecular weight is 277 g/mol. The minimum absolute atomic E-state index is 0.174. The molecule has 20 heavy (non-hydrogen) atoms. The molecule has 3 N–H and O–H groups in total. The highest BCUT2D eigenvalue weighted by Crippen LogP contribution is 2.18. The predicted octanol–water partition coefficient (Wildman–Crippen LogP) is 0.681. The van der Waals surface area contributed by atoms with Crippen LogP contribution in [0.25, 0.3) is 0 Å². The van der Waals surface area contributed by atoms with Gasteiger partial charge in [-0.25, -0.2) is 5.84 Å². The molecule has 1 heterocycles. The van der Waals surface area contributed by atoms with Gasteiger partial charge < -0.3 is 9.64 Å². The molecule has 1 aromatic carbocycles. The molecule has 1 saturated heterocycles. The van der Waals surface area contributed by atoms with Crippen LogP contribution in [0.1, 0.15) is 29.6 Å². The van der Waals surface area contributed by atoms with E-state index in [2.05, 4.69) is 5.43 Å². The lowest BCUT2D eigenvalue weighted by Crippen LogP contribution is -2.38. The van der Waals surface area contributed by atoms with E-state index in [1.807, 2.05) is 0 Å². The number of hydrazine groups is 1. The third-order valence-electron chi connectivity index (χ3n) is 3.30. The summed E-state index contributed by atoms with van der Waals surface area (Å²) >= 11 is 0. The van der Waals surface area contributed by atoms with Gasteiger partial charge >= 0.3 is 0 Å². The zero-order chi connectivity index (χ0) is 14.4. The third-order valence-corrected chi connectivity index (χ3v) is 3.30. The van der Waals surface area contributed by atoms with Crippen LogP contribution in [-0.4, -0.2) is 36.4 Å². The first-order valence-corrected chi connectivity index (χ1v) is 6.73. The van der Waals surface area contributed by atoms with E-state index in [1.54, 1.807) is 29.2 Å². The maximum Gasteiger partial charge on any atom is 0.268 e. The number of likely N-dealkylation sites (tertiary alicyclic amines) is 1. The summed E-state index contributed by atoms with van der Waals surface area (Å²) in [7, 11) is 0. The number of para-hydroxylation sites is 1. The zero-order valence-electron chi connectivity index (χ0n) is 11.3. The summed E-state index contributed by atoms with van der Waals surface area (Å²) in [6, 6.07) is 6.88. The molecular formula is C14H19N3O3. The first-order valence-electron chi connectivity index (χ1n) is 6.73. The molecule has 0 spiro atoms. The minimum atomic E-state index is -0.394. The summed E-state index contributed by atoms with van der Waals surface area (Å²) in [5, 5.41) is 0. The monoisotopic (exact) mass is 277 g/mol. The van der Waals surface area contributed by atoms with Crippen molar-refractivity contribution in [2.24, 2.45) is 5.84 Å². The molecule has 0 aromatic heterocycles. The highest BCUT2D eigenvalue weighted by molar-refractivity contribution is 5.96. The van der Waals surface area contributed by atoms with Crippen LogP contribution in [0.15, 0.2) is 24.3 Å². The highest BCUT2D eigenvalue weighted by Gasteiger charge is 2.18. The smallest absolute Gasteiger partial charge is 0.268 e. The van der Waals surface area contributed by atoms with E-state index in [9.17, 15) is 9.59 Å². The van der Waals surface area contributed by atoms with Gasteiger partial charge in [0.25, 0.3) is 5.91 Å². The van der Waals surface area contributed by atoms with E-state index in [0.717, 1.165) is 19.4 Å². The Morgan fingerprint density at radius 1 is 1.35 bits per heavy atom. The molecule has 1 aliphatic heterocycles. The van der Waals surface area contributed by atoms with Crippen LogP contribution in [-0.2, 0) is 4.79 Å². The number of nitrogen functional groups attached to an aromatic ring is 1. The van der Waals surface area contributed by atoms with Crippen LogP contribution in [0.3, 0.4) is 0 Å². The second kappa shape index (κ2) is 6.91. The lowest BCUT2D eigenvalue weighted by Gasteiger charge is -2.26. The van der Waals surface area contributed by atoms with Gasteiger partial charge in [0.05, 0.1) is 12.1 Å². The van der Waals surface area contributed by atoms with Gasteiger partial charge in [0.1, 0.15) is 12.4 Å². The van der Waals surface area contributed by atoms with Crippen molar-refractivity contribution in [1.29, 1.82) is 0 Å². The largest absolute Gasteiger partial charge is 0.491 e. The predicted molar refractivity (Wildman–Crippen MR) is 74.0 cm³/mol. The molecule has 1 aromatic rings. The second-order valence-corrected chi connectivity index (χ2v) is 4.66. The van der Waals surface area contributed by atoms with Gasteiger partial charge in [0.15, 0.2) is 0 Å². The van der Waals surface area contributed by atoms with Crippen molar-refractivity contribution in [2.45, 2.75) is 19.3 Å². The van der Waals surface area contributed by atoms with Crippen molar-refractivity contribution < 1.29 is 14.3 Å². The summed E-state index contributed by atoms with van der Waals surface area (Å²) in [5.41, 5.74) is 2.47. The molecular weight excluding hydrogens is 258 g/mol. The maximum atomic E-state index is 11.6. The first-order chi connectivity index (χ1) is 9.72. The summed E-state index contributed by atoms with van der Waals surface area (Å²) in [4.78, 5) is 25.0. The Morgan fingerprint density at radius 3 is 2.90 bits per heavy atom. The molecule has 0 saturated carbocycles. The summed E-state index contributed by atoms with van der Waals surface area (Å²) in [6.45, 7) is 1.69. The average Bonchev–Trinajstić information content (AvgIpc) is 2.49. The van der Waals surface area contributed by atoms with Crippen LogP contribution in [0.2, 0.25) is 0 Å². The molecule has 0 atom stereocenters. The van der Waals surface area contributed by atoms with Gasteiger partial charge in [-0.1, -0.05) is 12.1 Å². The molecule has 6 nitrogen and oxygen atoms in total.